The predicted molar refractivity (Wildman–Crippen MR) is 92.1 cm³/mol. The maximum Gasteiger partial charge on any atom is -0.00131 e. The molecule has 2 aromatic rings. The summed E-state index contributed by atoms with van der Waals surface area (Å²) >= 11 is 0. The lowest BCUT2D eigenvalue weighted by atomic mass is 10.0. The summed E-state index contributed by atoms with van der Waals surface area (Å²) in [6.07, 6.45) is 3.09. The van der Waals surface area contributed by atoms with Gasteiger partial charge in [-0.2, -0.15) is 0 Å². The topological polar surface area (TPSA) is 0 Å². The number of benzene rings is 2. The minimum absolute atomic E-state index is 0.473. The van der Waals surface area contributed by atoms with Gasteiger partial charge >= 0.3 is 0 Å². The van der Waals surface area contributed by atoms with Gasteiger partial charge in [-0.1, -0.05) is 80.6 Å². The highest BCUT2D eigenvalue weighted by atomic mass is 14.0. The van der Waals surface area contributed by atoms with E-state index in [1.54, 1.807) is 0 Å². The molecule has 0 aliphatic carbocycles. The third-order valence-corrected chi connectivity index (χ3v) is 2.93. The highest BCUT2D eigenvalue weighted by Gasteiger charge is 1.96. The molecule has 0 amide bonds. The van der Waals surface area contributed by atoms with Crippen LogP contribution in [0.15, 0.2) is 86.5 Å². The van der Waals surface area contributed by atoms with Crippen molar-refractivity contribution >= 4 is 0 Å². The second-order valence-electron chi connectivity index (χ2n) is 4.27. The Morgan fingerprint density at radius 2 is 1.35 bits per heavy atom. The van der Waals surface area contributed by atoms with Crippen molar-refractivity contribution in [2.24, 2.45) is 0 Å². The zero-order valence-electron chi connectivity index (χ0n) is 12.8. The lowest BCUT2D eigenvalue weighted by molar-refractivity contribution is 0.971. The predicted octanol–water partition coefficient (Wildman–Crippen LogP) is 6.03. The average molecular weight is 266 g/mol. The lowest BCUT2D eigenvalue weighted by Crippen LogP contribution is -1.85. The van der Waals surface area contributed by atoms with Crippen molar-refractivity contribution in [1.29, 1.82) is 0 Å². The Labute approximate surface area is 124 Å². The van der Waals surface area contributed by atoms with Crippen LogP contribution in [0.3, 0.4) is 0 Å². The van der Waals surface area contributed by atoms with Crippen molar-refractivity contribution in [3.63, 3.8) is 0 Å². The molecule has 0 heteroatoms. The van der Waals surface area contributed by atoms with Gasteiger partial charge in [0.05, 0.1) is 0 Å². The number of hydrogen-bond donors (Lipinski definition) is 0. The summed E-state index contributed by atoms with van der Waals surface area (Å²) in [4.78, 5) is 0. The van der Waals surface area contributed by atoms with Crippen molar-refractivity contribution in [3.8, 4) is 0 Å². The van der Waals surface area contributed by atoms with E-state index >= 15 is 0 Å². The number of aryl methyl sites for hydroxylation is 1. The molecule has 0 nitrogen and oxygen atoms in total. The molecule has 1 atom stereocenters. The molecule has 0 aliphatic heterocycles. The summed E-state index contributed by atoms with van der Waals surface area (Å²) in [5.74, 6) is 0.473. The molecule has 20 heavy (non-hydrogen) atoms. The van der Waals surface area contributed by atoms with Gasteiger partial charge in [-0.3, -0.25) is 0 Å². The van der Waals surface area contributed by atoms with Gasteiger partial charge in [-0.15, -0.1) is 19.7 Å². The SMILES string of the molecule is C=C.C=CC(C)c1ccccc1.CCc1ccccc1. The third kappa shape index (κ3) is 7.38. The highest BCUT2D eigenvalue weighted by Crippen LogP contribution is 2.14. The first-order valence-electron chi connectivity index (χ1n) is 6.99. The molecule has 0 saturated carbocycles. The molecule has 2 aromatic carbocycles. The van der Waals surface area contributed by atoms with Crippen LogP contribution >= 0.6 is 0 Å². The van der Waals surface area contributed by atoms with Gasteiger partial charge in [0.1, 0.15) is 0 Å². The van der Waals surface area contributed by atoms with Gasteiger partial charge in [0.15, 0.2) is 0 Å². The minimum Gasteiger partial charge on any atom is -0.106 e. The third-order valence-electron chi connectivity index (χ3n) is 2.93. The maximum absolute atomic E-state index is 3.74. The monoisotopic (exact) mass is 266 g/mol. The molecule has 0 saturated heterocycles. The van der Waals surface area contributed by atoms with Gasteiger partial charge < -0.3 is 0 Å². The maximum atomic E-state index is 3.74. The van der Waals surface area contributed by atoms with Gasteiger partial charge in [-0.05, 0) is 23.5 Å². The van der Waals surface area contributed by atoms with Crippen LogP contribution in [0.5, 0.6) is 0 Å². The second-order valence-corrected chi connectivity index (χ2v) is 4.27. The molecule has 0 fully saturated rings. The van der Waals surface area contributed by atoms with E-state index in [0.717, 1.165) is 6.42 Å². The van der Waals surface area contributed by atoms with Gasteiger partial charge in [-0.25, -0.2) is 0 Å². The van der Waals surface area contributed by atoms with Crippen molar-refractivity contribution in [2.45, 2.75) is 26.2 Å². The fourth-order valence-electron chi connectivity index (χ4n) is 1.61. The van der Waals surface area contributed by atoms with E-state index in [-0.39, 0.29) is 0 Å². The van der Waals surface area contributed by atoms with E-state index < -0.39 is 0 Å². The Bertz CT molecular complexity index is 442. The molecule has 0 heterocycles. The first kappa shape index (κ1) is 17.9. The summed E-state index contributed by atoms with van der Waals surface area (Å²) in [5, 5.41) is 0. The van der Waals surface area contributed by atoms with Crippen molar-refractivity contribution in [3.05, 3.63) is 97.6 Å². The molecule has 0 spiro atoms. The first-order chi connectivity index (χ1) is 9.77. The molecule has 1 unspecified atom stereocenters. The van der Waals surface area contributed by atoms with Crippen LogP contribution in [0.1, 0.15) is 30.9 Å². The molecule has 2 rings (SSSR count). The quantitative estimate of drug-likeness (QED) is 0.595. The van der Waals surface area contributed by atoms with Gasteiger partial charge in [0, 0.05) is 0 Å². The standard InChI is InChI=1S/C10H12.C8H10.C2H4/c1-3-9(2)10-7-5-4-6-8-10;1-2-8-6-4-3-5-7-8;1-2/h3-9H,1H2,2H3;3-7H,2H2,1H3;1-2H2. The second kappa shape index (κ2) is 12.0. The summed E-state index contributed by atoms with van der Waals surface area (Å²) in [6, 6.07) is 20.8. The van der Waals surface area contributed by atoms with Crippen LogP contribution in [0.25, 0.3) is 0 Å². The van der Waals surface area contributed by atoms with Crippen LogP contribution in [0.2, 0.25) is 0 Å². The summed E-state index contributed by atoms with van der Waals surface area (Å²) < 4.78 is 0. The first-order valence-corrected chi connectivity index (χ1v) is 6.99. The van der Waals surface area contributed by atoms with Crippen LogP contribution in [-0.4, -0.2) is 0 Å². The minimum atomic E-state index is 0.473. The Hall–Kier alpha value is -2.08. The fourth-order valence-corrected chi connectivity index (χ4v) is 1.61. The number of allylic oxidation sites excluding steroid dienone is 1. The summed E-state index contributed by atoms with van der Waals surface area (Å²) in [5.41, 5.74) is 2.74. The lowest BCUT2D eigenvalue weighted by Gasteiger charge is -2.03. The zero-order chi connectivity index (χ0) is 15.2. The summed E-state index contributed by atoms with van der Waals surface area (Å²) in [6.45, 7) is 14.0. The van der Waals surface area contributed by atoms with E-state index in [4.69, 9.17) is 0 Å². The number of rotatable bonds is 3. The summed E-state index contributed by atoms with van der Waals surface area (Å²) in [7, 11) is 0. The average Bonchev–Trinajstić information content (AvgIpc) is 2.58. The van der Waals surface area contributed by atoms with Crippen LogP contribution < -0.4 is 0 Å². The van der Waals surface area contributed by atoms with E-state index in [2.05, 4.69) is 82.1 Å². The largest absolute Gasteiger partial charge is 0.106 e. The Kier molecular flexibility index (Phi) is 10.7. The van der Waals surface area contributed by atoms with E-state index in [9.17, 15) is 0 Å². The van der Waals surface area contributed by atoms with Crippen LogP contribution in [-0.2, 0) is 6.42 Å². The van der Waals surface area contributed by atoms with Crippen molar-refractivity contribution < 1.29 is 0 Å². The zero-order valence-corrected chi connectivity index (χ0v) is 12.8. The fraction of sp³-hybridized carbons (Fsp3) is 0.200. The van der Waals surface area contributed by atoms with Crippen LogP contribution in [0, 0.1) is 0 Å². The van der Waals surface area contributed by atoms with Crippen LogP contribution in [0.4, 0.5) is 0 Å². The van der Waals surface area contributed by atoms with E-state index in [1.807, 2.05) is 18.2 Å². The molecule has 0 radical (unpaired) electrons. The van der Waals surface area contributed by atoms with E-state index in [1.165, 1.54) is 11.1 Å². The van der Waals surface area contributed by atoms with Crippen molar-refractivity contribution in [2.75, 3.05) is 0 Å². The van der Waals surface area contributed by atoms with Crippen molar-refractivity contribution in [1.82, 2.24) is 0 Å². The number of hydrogen-bond acceptors (Lipinski definition) is 0. The Morgan fingerprint density at radius 3 is 1.70 bits per heavy atom. The Balaban J connectivity index is 0.000000327. The molecular formula is C20H26. The molecule has 0 aliphatic rings. The van der Waals surface area contributed by atoms with Gasteiger partial charge in [0.25, 0.3) is 0 Å². The smallest absolute Gasteiger partial charge is 0.00131 e. The molecule has 0 N–H and O–H groups in total. The van der Waals surface area contributed by atoms with Gasteiger partial charge in [0.2, 0.25) is 0 Å². The Morgan fingerprint density at radius 1 is 0.900 bits per heavy atom. The molecule has 0 aromatic heterocycles. The highest BCUT2D eigenvalue weighted by molar-refractivity contribution is 5.21. The van der Waals surface area contributed by atoms with E-state index in [0.29, 0.717) is 5.92 Å². The normalized spacial score (nSPS) is 10.1. The molecular weight excluding hydrogens is 240 g/mol. The molecule has 0 bridgehead atoms. The molecule has 106 valence electrons.